The number of amides is 1. The maximum atomic E-state index is 12.7. The van der Waals surface area contributed by atoms with E-state index in [2.05, 4.69) is 4.98 Å². The van der Waals surface area contributed by atoms with Crippen molar-refractivity contribution in [3.63, 3.8) is 0 Å². The first-order chi connectivity index (χ1) is 12.9. The fraction of sp³-hybridized carbons (Fsp3) is 0.105. The summed E-state index contributed by atoms with van der Waals surface area (Å²) in [6.45, 7) is 2.29. The number of benzene rings is 2. The third-order valence-electron chi connectivity index (χ3n) is 3.97. The van der Waals surface area contributed by atoms with E-state index in [1.54, 1.807) is 18.2 Å². The van der Waals surface area contributed by atoms with E-state index in [1.165, 1.54) is 47.0 Å². The third-order valence-corrected chi connectivity index (χ3v) is 6.56. The Balaban J connectivity index is 1.86. The molecule has 0 atom stereocenters. The molecule has 27 heavy (non-hydrogen) atoms. The van der Waals surface area contributed by atoms with Crippen LogP contribution in [-0.4, -0.2) is 25.5 Å². The van der Waals surface area contributed by atoms with Crippen molar-refractivity contribution in [2.24, 2.45) is 0 Å². The molecule has 3 aromatic rings. The van der Waals surface area contributed by atoms with E-state index in [-0.39, 0.29) is 21.3 Å². The topological polar surface area (TPSA) is 105 Å². The van der Waals surface area contributed by atoms with Crippen LogP contribution in [0.15, 0.2) is 63.7 Å². The number of sulfone groups is 1. The Hall–Kier alpha value is -2.68. The molecule has 0 spiro atoms. The van der Waals surface area contributed by atoms with E-state index in [1.807, 2.05) is 12.3 Å². The Kier molecular flexibility index (Phi) is 5.59. The maximum absolute atomic E-state index is 12.7. The summed E-state index contributed by atoms with van der Waals surface area (Å²) in [5.41, 5.74) is 1.37. The number of quaternary nitrogens is 1. The molecule has 8 heteroatoms. The minimum Gasteiger partial charge on any atom is -0.308 e. The quantitative estimate of drug-likeness (QED) is 0.619. The Labute approximate surface area is 161 Å². The van der Waals surface area contributed by atoms with E-state index in [9.17, 15) is 13.2 Å². The van der Waals surface area contributed by atoms with Gasteiger partial charge in [0, 0.05) is 17.2 Å². The molecule has 2 aromatic carbocycles. The first-order valence-electron chi connectivity index (χ1n) is 8.15. The minimum absolute atomic E-state index is 0.0545. The lowest BCUT2D eigenvalue weighted by atomic mass is 10.1. The third kappa shape index (κ3) is 4.19. The van der Waals surface area contributed by atoms with Gasteiger partial charge in [0.2, 0.25) is 9.84 Å². The second-order valence-electron chi connectivity index (χ2n) is 5.84. The number of thiazole rings is 1. The predicted molar refractivity (Wildman–Crippen MR) is 103 cm³/mol. The van der Waals surface area contributed by atoms with Crippen LogP contribution in [0.25, 0.3) is 0 Å². The normalized spacial score (nSPS) is 11.3. The van der Waals surface area contributed by atoms with Gasteiger partial charge in [-0.1, -0.05) is 18.2 Å². The lowest BCUT2D eigenvalue weighted by molar-refractivity contribution is -0.572. The maximum Gasteiger partial charge on any atom is 0.343 e. The van der Waals surface area contributed by atoms with Crippen LogP contribution < -0.4 is 5.32 Å². The fourth-order valence-corrected chi connectivity index (χ4v) is 4.54. The van der Waals surface area contributed by atoms with Crippen molar-refractivity contribution >= 4 is 33.3 Å². The number of nitrogens with two attached hydrogens (primary N) is 1. The minimum atomic E-state index is -3.70. The Bertz CT molecular complexity index is 1090. The summed E-state index contributed by atoms with van der Waals surface area (Å²) >= 11 is 1.52. The van der Waals surface area contributed by atoms with Crippen LogP contribution in [0.3, 0.4) is 0 Å². The van der Waals surface area contributed by atoms with Crippen molar-refractivity contribution in [3.8, 4) is 0 Å². The summed E-state index contributed by atoms with van der Waals surface area (Å²) in [5, 5.41) is 11.9. The predicted octanol–water partition coefficient (Wildman–Crippen LogP) is 2.19. The first kappa shape index (κ1) is 19.1. The molecule has 138 valence electrons. The molecule has 3 N–H and O–H groups in total. The van der Waals surface area contributed by atoms with Crippen LogP contribution in [0, 0.1) is 12.3 Å². The molecular formula is C19H18N3O3S2+. The summed E-state index contributed by atoms with van der Waals surface area (Å²) in [6, 6.07) is 12.3. The van der Waals surface area contributed by atoms with E-state index < -0.39 is 9.84 Å². The highest BCUT2D eigenvalue weighted by molar-refractivity contribution is 7.91. The van der Waals surface area contributed by atoms with Crippen LogP contribution >= 0.6 is 11.3 Å². The van der Waals surface area contributed by atoms with Gasteiger partial charge in [-0.15, -0.1) is 11.3 Å². The van der Waals surface area contributed by atoms with Gasteiger partial charge >= 0.3 is 5.91 Å². The van der Waals surface area contributed by atoms with Crippen LogP contribution in [0.1, 0.15) is 26.6 Å². The number of carbonyl (C=O) groups is 1. The Morgan fingerprint density at radius 2 is 1.93 bits per heavy atom. The summed E-state index contributed by atoms with van der Waals surface area (Å²) in [6.07, 6.45) is 0.998. The second-order valence-corrected chi connectivity index (χ2v) is 8.85. The van der Waals surface area contributed by atoms with Crippen LogP contribution in [0.5, 0.6) is 0 Å². The number of aromatic nitrogens is 1. The molecule has 0 saturated heterocycles. The number of nitrogens with one attached hydrogen (secondary N) is 1. The Morgan fingerprint density at radius 1 is 1.19 bits per heavy atom. The fourth-order valence-electron chi connectivity index (χ4n) is 2.60. The van der Waals surface area contributed by atoms with Gasteiger partial charge < -0.3 is 5.41 Å². The van der Waals surface area contributed by atoms with Gasteiger partial charge in [-0.05, 0) is 37.3 Å². The number of primary amides is 1. The molecule has 0 unspecified atom stereocenters. The highest BCUT2D eigenvalue weighted by Gasteiger charge is 2.21. The van der Waals surface area contributed by atoms with Crippen molar-refractivity contribution in [2.45, 2.75) is 23.3 Å². The Morgan fingerprint density at radius 3 is 2.56 bits per heavy atom. The first-order valence-corrected chi connectivity index (χ1v) is 10.5. The average Bonchev–Trinajstić information content (AvgIpc) is 3.11. The van der Waals surface area contributed by atoms with Crippen molar-refractivity contribution < 1.29 is 18.5 Å². The average molecular weight is 401 g/mol. The van der Waals surface area contributed by atoms with E-state index >= 15 is 0 Å². The molecule has 1 aromatic heterocycles. The lowest BCUT2D eigenvalue weighted by Crippen LogP contribution is -2.86. The molecule has 0 aliphatic rings. The molecule has 0 aliphatic carbocycles. The van der Waals surface area contributed by atoms with Gasteiger partial charge in [-0.2, -0.15) is 0 Å². The molecule has 1 heterocycles. The number of carbonyl (C=O) groups excluding carboxylic acids is 1. The molecule has 0 bridgehead atoms. The molecule has 6 nitrogen and oxygen atoms in total. The zero-order chi connectivity index (χ0) is 19.4. The van der Waals surface area contributed by atoms with Crippen molar-refractivity contribution in [3.05, 3.63) is 75.7 Å². The number of rotatable bonds is 6. The summed E-state index contributed by atoms with van der Waals surface area (Å²) in [4.78, 5) is 17.0. The zero-order valence-electron chi connectivity index (χ0n) is 14.5. The molecule has 1 amide bonds. The number of aryl methyl sites for hydroxylation is 1. The summed E-state index contributed by atoms with van der Waals surface area (Å²) < 4.78 is 25.4. The highest BCUT2D eigenvalue weighted by Crippen LogP contribution is 2.22. The molecule has 0 radical (unpaired) electrons. The van der Waals surface area contributed by atoms with Gasteiger partial charge in [0.25, 0.3) is 0 Å². The standard InChI is InChI=1S/C19H17N3O3S2/c1-13-22-15(12-26-13)11-21-19(23)18-8-7-17(9-14(18)10-20)27(24,25)16-5-3-2-4-6-16/h2-10,12,20H,11H2,1H3,(H,21,23)/p+1. The van der Waals surface area contributed by atoms with E-state index in [0.717, 1.165) is 16.9 Å². The van der Waals surface area contributed by atoms with Crippen molar-refractivity contribution in [1.29, 1.82) is 5.41 Å². The number of hydrogen-bond acceptors (Lipinski definition) is 6. The van der Waals surface area contributed by atoms with E-state index in [0.29, 0.717) is 12.1 Å². The van der Waals surface area contributed by atoms with Gasteiger partial charge in [-0.25, -0.2) is 18.2 Å². The molecule has 3 rings (SSSR count). The van der Waals surface area contributed by atoms with Crippen LogP contribution in [-0.2, 0) is 16.4 Å². The molecule has 0 saturated carbocycles. The van der Waals surface area contributed by atoms with Crippen LogP contribution in [0.2, 0.25) is 0 Å². The SMILES string of the molecule is Cc1nc(C[NH2+]C(=O)c2ccc(S(=O)(=O)c3ccccc3)cc2C=N)cs1. The van der Waals surface area contributed by atoms with E-state index in [4.69, 9.17) is 5.41 Å². The summed E-state index contributed by atoms with van der Waals surface area (Å²) in [5.74, 6) is -0.261. The van der Waals surface area contributed by atoms with Gasteiger partial charge in [0.1, 0.15) is 12.2 Å². The highest BCUT2D eigenvalue weighted by atomic mass is 32.2. The second kappa shape index (κ2) is 7.91. The smallest absolute Gasteiger partial charge is 0.308 e. The molecule has 0 fully saturated rings. The largest absolute Gasteiger partial charge is 0.343 e. The lowest BCUT2D eigenvalue weighted by Gasteiger charge is -2.08. The van der Waals surface area contributed by atoms with Gasteiger partial charge in [0.05, 0.1) is 20.4 Å². The van der Waals surface area contributed by atoms with Gasteiger partial charge in [-0.3, -0.25) is 5.32 Å². The summed E-state index contributed by atoms with van der Waals surface area (Å²) in [7, 11) is -3.70. The molecular weight excluding hydrogens is 382 g/mol. The number of hydrogen-bond donors (Lipinski definition) is 2. The monoisotopic (exact) mass is 400 g/mol. The molecule has 0 aliphatic heterocycles. The van der Waals surface area contributed by atoms with Gasteiger partial charge in [0.15, 0.2) is 0 Å². The number of nitrogens with zero attached hydrogens (tertiary/aromatic N) is 1. The van der Waals surface area contributed by atoms with Crippen molar-refractivity contribution in [2.75, 3.05) is 0 Å². The van der Waals surface area contributed by atoms with Crippen LogP contribution in [0.4, 0.5) is 0 Å². The zero-order valence-corrected chi connectivity index (χ0v) is 16.2. The van der Waals surface area contributed by atoms with Crippen molar-refractivity contribution in [1.82, 2.24) is 4.98 Å².